The highest BCUT2D eigenvalue weighted by molar-refractivity contribution is 7.13. The molecule has 2 aromatic heterocycles. The molecule has 0 saturated heterocycles. The maximum absolute atomic E-state index is 12.7. The van der Waals surface area contributed by atoms with E-state index in [4.69, 9.17) is 10.00 Å². The van der Waals surface area contributed by atoms with Crippen LogP contribution in [0.25, 0.3) is 10.6 Å². The van der Waals surface area contributed by atoms with Crippen molar-refractivity contribution in [2.24, 2.45) is 0 Å². The largest absolute Gasteiger partial charge is 0.438 e. The highest BCUT2D eigenvalue weighted by atomic mass is 32.1. The van der Waals surface area contributed by atoms with Crippen LogP contribution in [0.15, 0.2) is 66.2 Å². The summed E-state index contributed by atoms with van der Waals surface area (Å²) >= 11 is 1.26. The summed E-state index contributed by atoms with van der Waals surface area (Å²) in [4.78, 5) is 21.0. The first-order chi connectivity index (χ1) is 16.7. The number of hydrogen-bond donors (Lipinski definition) is 1. The fraction of sp³-hybridized carbons (Fsp3) is 0.120. The molecule has 0 unspecified atom stereocenters. The van der Waals surface area contributed by atoms with Gasteiger partial charge in [0.25, 0.3) is 0 Å². The maximum atomic E-state index is 12.7. The fourth-order valence-corrected chi connectivity index (χ4v) is 4.02. The lowest BCUT2D eigenvalue weighted by Gasteiger charge is -2.11. The molecule has 0 atom stereocenters. The molecule has 0 aliphatic rings. The lowest BCUT2D eigenvalue weighted by Crippen LogP contribution is -2.15. The quantitative estimate of drug-likeness (QED) is 0.336. The van der Waals surface area contributed by atoms with Crippen LogP contribution in [0, 0.1) is 18.3 Å². The molecule has 4 aromatic rings. The molecule has 0 radical (unpaired) electrons. The molecule has 10 heteroatoms. The lowest BCUT2D eigenvalue weighted by atomic mass is 10.1. The Hall–Kier alpha value is -4.23. The average molecular weight is 494 g/mol. The Morgan fingerprint density at radius 1 is 1.17 bits per heavy atom. The van der Waals surface area contributed by atoms with Gasteiger partial charge in [-0.1, -0.05) is 12.1 Å². The number of hydrogen-bond acceptors (Lipinski definition) is 6. The SMILES string of the molecule is Cc1cc(Oc2ncccc2C#N)ccc1NC(=O)Cc1csc(-c2ccc(C(F)(F)F)cc2)n1. The number of carbonyl (C=O) groups is 1. The third-order valence-corrected chi connectivity index (χ3v) is 5.87. The Morgan fingerprint density at radius 3 is 2.63 bits per heavy atom. The minimum absolute atomic E-state index is 0.00823. The Labute approximate surface area is 202 Å². The topological polar surface area (TPSA) is 87.9 Å². The number of nitriles is 1. The molecule has 0 aliphatic carbocycles. The first-order valence-electron chi connectivity index (χ1n) is 10.3. The molecule has 0 fully saturated rings. The average Bonchev–Trinajstić information content (AvgIpc) is 3.29. The van der Waals surface area contributed by atoms with Gasteiger partial charge in [-0.25, -0.2) is 9.97 Å². The Bertz CT molecular complexity index is 1410. The van der Waals surface area contributed by atoms with Crippen LogP contribution < -0.4 is 10.1 Å². The smallest absolute Gasteiger partial charge is 0.416 e. The number of benzene rings is 2. The van der Waals surface area contributed by atoms with E-state index in [0.717, 1.165) is 17.7 Å². The summed E-state index contributed by atoms with van der Waals surface area (Å²) in [5.41, 5.74) is 1.97. The third-order valence-electron chi connectivity index (χ3n) is 4.93. The summed E-state index contributed by atoms with van der Waals surface area (Å²) in [6, 6.07) is 15.1. The second kappa shape index (κ2) is 9.95. The summed E-state index contributed by atoms with van der Waals surface area (Å²) in [6.45, 7) is 1.80. The van der Waals surface area contributed by atoms with Crippen molar-refractivity contribution in [1.29, 1.82) is 5.26 Å². The number of aryl methyl sites for hydroxylation is 1. The van der Waals surface area contributed by atoms with Gasteiger partial charge in [-0.2, -0.15) is 18.4 Å². The maximum Gasteiger partial charge on any atom is 0.416 e. The normalized spacial score (nSPS) is 11.1. The monoisotopic (exact) mass is 494 g/mol. The standard InChI is InChI=1S/C25H17F3N4O2S/c1-15-11-20(34-23-17(13-29)3-2-10-30-23)8-9-21(15)32-22(33)12-19-14-35-24(31-19)16-4-6-18(7-5-16)25(26,27)28/h2-11,14H,12H2,1H3,(H,32,33). The summed E-state index contributed by atoms with van der Waals surface area (Å²) in [6.07, 6.45) is -2.86. The number of halogens is 3. The first-order valence-corrected chi connectivity index (χ1v) is 11.2. The number of rotatable bonds is 6. The highest BCUT2D eigenvalue weighted by Gasteiger charge is 2.30. The van der Waals surface area contributed by atoms with Crippen molar-refractivity contribution in [3.8, 4) is 28.3 Å². The zero-order chi connectivity index (χ0) is 25.0. The Morgan fingerprint density at radius 2 is 1.94 bits per heavy atom. The molecular formula is C25H17F3N4O2S. The van der Waals surface area contributed by atoms with E-state index in [1.165, 1.54) is 29.7 Å². The van der Waals surface area contributed by atoms with Crippen molar-refractivity contribution in [3.05, 3.63) is 88.6 Å². The number of thiazole rings is 1. The molecule has 1 amide bonds. The molecular weight excluding hydrogens is 477 g/mol. The van der Waals surface area contributed by atoms with E-state index in [9.17, 15) is 18.0 Å². The number of anilines is 1. The van der Waals surface area contributed by atoms with Gasteiger partial charge in [0.15, 0.2) is 0 Å². The van der Waals surface area contributed by atoms with Crippen LogP contribution in [-0.2, 0) is 17.4 Å². The summed E-state index contributed by atoms with van der Waals surface area (Å²) < 4.78 is 43.9. The summed E-state index contributed by atoms with van der Waals surface area (Å²) in [5.74, 6) is 0.373. The summed E-state index contributed by atoms with van der Waals surface area (Å²) in [7, 11) is 0. The summed E-state index contributed by atoms with van der Waals surface area (Å²) in [5, 5.41) is 14.2. The second-order valence-electron chi connectivity index (χ2n) is 7.49. The molecule has 2 heterocycles. The van der Waals surface area contributed by atoms with Crippen LogP contribution >= 0.6 is 11.3 Å². The van der Waals surface area contributed by atoms with Crippen LogP contribution in [0.4, 0.5) is 18.9 Å². The van der Waals surface area contributed by atoms with Gasteiger partial charge < -0.3 is 10.1 Å². The number of alkyl halides is 3. The van der Waals surface area contributed by atoms with E-state index in [0.29, 0.717) is 33.3 Å². The van der Waals surface area contributed by atoms with Crippen LogP contribution in [0.5, 0.6) is 11.6 Å². The van der Waals surface area contributed by atoms with Crippen LogP contribution in [0.1, 0.15) is 22.4 Å². The number of ether oxygens (including phenoxy) is 1. The zero-order valence-corrected chi connectivity index (χ0v) is 19.1. The van der Waals surface area contributed by atoms with Crippen LogP contribution in [-0.4, -0.2) is 15.9 Å². The van der Waals surface area contributed by atoms with Crippen molar-refractivity contribution in [2.75, 3.05) is 5.32 Å². The number of nitrogens with one attached hydrogen (secondary N) is 1. The molecule has 0 saturated carbocycles. The minimum Gasteiger partial charge on any atom is -0.438 e. The predicted molar refractivity (Wildman–Crippen MR) is 125 cm³/mol. The Balaban J connectivity index is 1.39. The van der Waals surface area contributed by atoms with Crippen molar-refractivity contribution in [2.45, 2.75) is 19.5 Å². The molecule has 0 bridgehead atoms. The Kier molecular flexibility index (Phi) is 6.80. The van der Waals surface area contributed by atoms with Gasteiger partial charge in [-0.05, 0) is 55.0 Å². The van der Waals surface area contributed by atoms with E-state index >= 15 is 0 Å². The van der Waals surface area contributed by atoms with Crippen LogP contribution in [0.3, 0.4) is 0 Å². The molecule has 35 heavy (non-hydrogen) atoms. The van der Waals surface area contributed by atoms with Gasteiger partial charge >= 0.3 is 6.18 Å². The van der Waals surface area contributed by atoms with E-state index in [1.807, 2.05) is 6.07 Å². The van der Waals surface area contributed by atoms with Crippen molar-refractivity contribution in [1.82, 2.24) is 9.97 Å². The molecule has 0 aliphatic heterocycles. The zero-order valence-electron chi connectivity index (χ0n) is 18.3. The van der Waals surface area contributed by atoms with Gasteiger partial charge in [-0.15, -0.1) is 11.3 Å². The molecule has 176 valence electrons. The highest BCUT2D eigenvalue weighted by Crippen LogP contribution is 2.32. The van der Waals surface area contributed by atoms with E-state index in [2.05, 4.69) is 15.3 Å². The van der Waals surface area contributed by atoms with E-state index < -0.39 is 11.7 Å². The van der Waals surface area contributed by atoms with Gasteiger partial charge in [-0.3, -0.25) is 4.79 Å². The number of aromatic nitrogens is 2. The van der Waals surface area contributed by atoms with Gasteiger partial charge in [0, 0.05) is 22.8 Å². The molecule has 0 spiro atoms. The van der Waals surface area contributed by atoms with E-state index in [-0.39, 0.29) is 18.2 Å². The minimum atomic E-state index is -4.40. The lowest BCUT2D eigenvalue weighted by molar-refractivity contribution is -0.137. The van der Waals surface area contributed by atoms with Crippen molar-refractivity contribution < 1.29 is 22.7 Å². The number of pyridine rings is 1. The predicted octanol–water partition coefficient (Wildman–Crippen LogP) is 6.38. The second-order valence-corrected chi connectivity index (χ2v) is 8.35. The molecule has 2 aromatic carbocycles. The molecule has 1 N–H and O–H groups in total. The first kappa shape index (κ1) is 23.9. The third kappa shape index (κ3) is 5.83. The van der Waals surface area contributed by atoms with Gasteiger partial charge in [0.1, 0.15) is 22.4 Å². The molecule has 4 rings (SSSR count). The number of carbonyl (C=O) groups excluding carboxylic acids is 1. The number of amides is 1. The fourth-order valence-electron chi connectivity index (χ4n) is 3.19. The number of nitrogens with zero attached hydrogens (tertiary/aromatic N) is 3. The van der Waals surface area contributed by atoms with Crippen molar-refractivity contribution >= 4 is 22.9 Å². The van der Waals surface area contributed by atoms with Gasteiger partial charge in [0.2, 0.25) is 11.8 Å². The van der Waals surface area contributed by atoms with E-state index in [1.54, 1.807) is 42.6 Å². The van der Waals surface area contributed by atoms with Crippen molar-refractivity contribution in [3.63, 3.8) is 0 Å². The van der Waals surface area contributed by atoms with Gasteiger partial charge in [0.05, 0.1) is 17.7 Å². The molecule has 6 nitrogen and oxygen atoms in total. The van der Waals surface area contributed by atoms with Crippen LogP contribution in [0.2, 0.25) is 0 Å².